The normalized spacial score (nSPS) is 19.4. The van der Waals surface area contributed by atoms with E-state index in [9.17, 15) is 19.5 Å². The summed E-state index contributed by atoms with van der Waals surface area (Å²) >= 11 is 0. The summed E-state index contributed by atoms with van der Waals surface area (Å²) in [5, 5.41) is 11.9. The van der Waals surface area contributed by atoms with E-state index >= 15 is 0 Å². The number of carbonyl (C=O) groups is 3. The first-order valence-electron chi connectivity index (χ1n) is 7.43. The molecule has 1 amide bonds. The van der Waals surface area contributed by atoms with E-state index in [2.05, 4.69) is 5.32 Å². The SMILES string of the molecule is COC(=O)c1cc(OC)ccc1NC(=O)C1CC=CCC1C(=O)O. The highest BCUT2D eigenvalue weighted by Gasteiger charge is 2.34. The van der Waals surface area contributed by atoms with Crippen molar-refractivity contribution in [2.24, 2.45) is 11.8 Å². The second-order valence-corrected chi connectivity index (χ2v) is 5.39. The fraction of sp³-hybridized carbons (Fsp3) is 0.353. The Labute approximate surface area is 139 Å². The van der Waals surface area contributed by atoms with Crippen LogP contribution in [0.25, 0.3) is 0 Å². The maximum atomic E-state index is 12.5. The van der Waals surface area contributed by atoms with Crippen LogP contribution in [0.15, 0.2) is 30.4 Å². The van der Waals surface area contributed by atoms with E-state index in [-0.39, 0.29) is 11.3 Å². The minimum atomic E-state index is -1.01. The van der Waals surface area contributed by atoms with Crippen LogP contribution in [0.2, 0.25) is 0 Å². The maximum Gasteiger partial charge on any atom is 0.340 e. The van der Waals surface area contributed by atoms with Crippen molar-refractivity contribution in [2.75, 3.05) is 19.5 Å². The quantitative estimate of drug-likeness (QED) is 0.632. The number of amides is 1. The van der Waals surface area contributed by atoms with Gasteiger partial charge in [0.2, 0.25) is 5.91 Å². The molecular formula is C17H19NO6. The summed E-state index contributed by atoms with van der Waals surface area (Å²) in [5.74, 6) is -3.11. The van der Waals surface area contributed by atoms with Crippen LogP contribution in [-0.2, 0) is 14.3 Å². The zero-order chi connectivity index (χ0) is 17.7. The Balaban J connectivity index is 2.26. The largest absolute Gasteiger partial charge is 0.497 e. The number of carboxylic acids is 1. The number of methoxy groups -OCH3 is 2. The lowest BCUT2D eigenvalue weighted by Gasteiger charge is -2.24. The summed E-state index contributed by atoms with van der Waals surface area (Å²) in [6, 6.07) is 4.58. The van der Waals surface area contributed by atoms with E-state index in [4.69, 9.17) is 9.47 Å². The number of allylic oxidation sites excluding steroid dienone is 2. The fourth-order valence-electron chi connectivity index (χ4n) is 2.64. The van der Waals surface area contributed by atoms with E-state index in [1.807, 2.05) is 0 Å². The van der Waals surface area contributed by atoms with Crippen molar-refractivity contribution in [1.82, 2.24) is 0 Å². The summed E-state index contributed by atoms with van der Waals surface area (Å²) in [4.78, 5) is 35.7. The van der Waals surface area contributed by atoms with Crippen molar-refractivity contribution in [3.8, 4) is 5.75 Å². The molecule has 128 valence electrons. The van der Waals surface area contributed by atoms with Crippen LogP contribution in [0.3, 0.4) is 0 Å². The van der Waals surface area contributed by atoms with E-state index in [0.29, 0.717) is 18.6 Å². The standard InChI is InChI=1S/C17H19NO6/c1-23-10-7-8-14(13(9-10)17(22)24-2)18-15(19)11-5-3-4-6-12(11)16(20)21/h3-4,7-9,11-12H,5-6H2,1-2H3,(H,18,19)(H,20,21). The first-order chi connectivity index (χ1) is 11.5. The van der Waals surface area contributed by atoms with Crippen LogP contribution < -0.4 is 10.1 Å². The zero-order valence-corrected chi connectivity index (χ0v) is 13.4. The van der Waals surface area contributed by atoms with Gasteiger partial charge in [-0.15, -0.1) is 0 Å². The van der Waals surface area contributed by atoms with E-state index in [1.165, 1.54) is 26.4 Å². The number of aliphatic carboxylic acids is 1. The molecule has 1 aliphatic carbocycles. The molecule has 2 unspecified atom stereocenters. The van der Waals surface area contributed by atoms with Gasteiger partial charge in [-0.05, 0) is 31.0 Å². The molecule has 0 heterocycles. The lowest BCUT2D eigenvalue weighted by Crippen LogP contribution is -2.35. The Morgan fingerprint density at radius 1 is 1.12 bits per heavy atom. The monoisotopic (exact) mass is 333 g/mol. The van der Waals surface area contributed by atoms with Crippen LogP contribution in [0.1, 0.15) is 23.2 Å². The van der Waals surface area contributed by atoms with E-state index < -0.39 is 29.7 Å². The number of hydrogen-bond donors (Lipinski definition) is 2. The second kappa shape index (κ2) is 7.63. The molecule has 0 spiro atoms. The first-order valence-corrected chi connectivity index (χ1v) is 7.43. The predicted octanol–water partition coefficient (Wildman–Crippen LogP) is 2.09. The van der Waals surface area contributed by atoms with Crippen molar-refractivity contribution < 1.29 is 29.0 Å². The van der Waals surface area contributed by atoms with Gasteiger partial charge in [0.25, 0.3) is 0 Å². The zero-order valence-electron chi connectivity index (χ0n) is 13.4. The molecule has 7 nitrogen and oxygen atoms in total. The van der Waals surface area contributed by atoms with Gasteiger partial charge in [0.1, 0.15) is 5.75 Å². The van der Waals surface area contributed by atoms with Gasteiger partial charge in [0.05, 0.1) is 37.3 Å². The number of ether oxygens (including phenoxy) is 2. The van der Waals surface area contributed by atoms with Crippen molar-refractivity contribution >= 4 is 23.5 Å². The van der Waals surface area contributed by atoms with Gasteiger partial charge < -0.3 is 19.9 Å². The molecule has 7 heteroatoms. The molecule has 0 bridgehead atoms. The molecule has 1 aliphatic rings. The number of esters is 1. The van der Waals surface area contributed by atoms with Gasteiger partial charge in [0, 0.05) is 0 Å². The highest BCUT2D eigenvalue weighted by atomic mass is 16.5. The van der Waals surface area contributed by atoms with Crippen molar-refractivity contribution in [3.63, 3.8) is 0 Å². The van der Waals surface area contributed by atoms with E-state index in [0.717, 1.165) is 0 Å². The molecule has 0 aliphatic heterocycles. The third-order valence-electron chi connectivity index (χ3n) is 3.98. The number of carboxylic acid groups (broad SMARTS) is 1. The predicted molar refractivity (Wildman–Crippen MR) is 86.0 cm³/mol. The van der Waals surface area contributed by atoms with Gasteiger partial charge in [-0.3, -0.25) is 9.59 Å². The Kier molecular flexibility index (Phi) is 5.57. The number of benzene rings is 1. The molecule has 1 aromatic rings. The Morgan fingerprint density at radius 2 is 1.79 bits per heavy atom. The summed E-state index contributed by atoms with van der Waals surface area (Å²) < 4.78 is 9.78. The molecule has 0 fully saturated rings. The van der Waals surface area contributed by atoms with Gasteiger partial charge in [-0.1, -0.05) is 12.2 Å². The van der Waals surface area contributed by atoms with Crippen LogP contribution in [-0.4, -0.2) is 37.2 Å². The van der Waals surface area contributed by atoms with Crippen molar-refractivity contribution in [1.29, 1.82) is 0 Å². The van der Waals surface area contributed by atoms with Crippen LogP contribution in [0, 0.1) is 11.8 Å². The van der Waals surface area contributed by atoms with Crippen LogP contribution in [0.5, 0.6) is 5.75 Å². The molecule has 0 aromatic heterocycles. The Morgan fingerprint density at radius 3 is 2.38 bits per heavy atom. The molecule has 0 radical (unpaired) electrons. The lowest BCUT2D eigenvalue weighted by atomic mass is 9.82. The molecule has 2 rings (SSSR count). The van der Waals surface area contributed by atoms with Crippen LogP contribution in [0.4, 0.5) is 5.69 Å². The number of rotatable bonds is 5. The third kappa shape index (κ3) is 3.73. The molecule has 0 saturated carbocycles. The topological polar surface area (TPSA) is 102 Å². The summed E-state index contributed by atoms with van der Waals surface area (Å²) in [6.45, 7) is 0. The number of carbonyl (C=O) groups excluding carboxylic acids is 2. The third-order valence-corrected chi connectivity index (χ3v) is 3.98. The molecular weight excluding hydrogens is 314 g/mol. The molecule has 2 atom stereocenters. The lowest BCUT2D eigenvalue weighted by molar-refractivity contribution is -0.146. The van der Waals surface area contributed by atoms with Gasteiger partial charge in [0.15, 0.2) is 0 Å². The minimum absolute atomic E-state index is 0.142. The second-order valence-electron chi connectivity index (χ2n) is 5.39. The van der Waals surface area contributed by atoms with Gasteiger partial charge in [-0.25, -0.2) is 4.79 Å². The number of hydrogen-bond acceptors (Lipinski definition) is 5. The summed E-state index contributed by atoms with van der Waals surface area (Å²) in [5.41, 5.74) is 0.398. The molecule has 2 N–H and O–H groups in total. The van der Waals surface area contributed by atoms with Gasteiger partial charge in [-0.2, -0.15) is 0 Å². The highest BCUT2D eigenvalue weighted by Crippen LogP contribution is 2.29. The smallest absolute Gasteiger partial charge is 0.340 e. The van der Waals surface area contributed by atoms with E-state index in [1.54, 1.807) is 18.2 Å². The fourth-order valence-corrected chi connectivity index (χ4v) is 2.64. The minimum Gasteiger partial charge on any atom is -0.497 e. The number of anilines is 1. The summed E-state index contributed by atoms with van der Waals surface area (Å²) in [6.07, 6.45) is 4.20. The first kappa shape index (κ1) is 17.5. The average molecular weight is 333 g/mol. The number of nitrogens with one attached hydrogen (secondary N) is 1. The molecule has 1 aromatic carbocycles. The van der Waals surface area contributed by atoms with Crippen molar-refractivity contribution in [3.05, 3.63) is 35.9 Å². The average Bonchev–Trinajstić information content (AvgIpc) is 2.61. The molecule has 24 heavy (non-hydrogen) atoms. The highest BCUT2D eigenvalue weighted by molar-refractivity contribution is 6.03. The van der Waals surface area contributed by atoms with Gasteiger partial charge >= 0.3 is 11.9 Å². The summed E-state index contributed by atoms with van der Waals surface area (Å²) in [7, 11) is 2.69. The van der Waals surface area contributed by atoms with Crippen LogP contribution >= 0.6 is 0 Å². The molecule has 0 saturated heterocycles. The Hall–Kier alpha value is -2.83. The van der Waals surface area contributed by atoms with Crippen molar-refractivity contribution in [2.45, 2.75) is 12.8 Å². The Bertz CT molecular complexity index is 682. The maximum absolute atomic E-state index is 12.5.